The lowest BCUT2D eigenvalue weighted by Gasteiger charge is -2.14. The number of aliphatic hydroxyl groups excluding tert-OH is 2. The summed E-state index contributed by atoms with van der Waals surface area (Å²) in [6.07, 6.45) is -0.522. The molecule has 0 aromatic rings. The molecule has 0 bridgehead atoms. The van der Waals surface area contributed by atoms with Gasteiger partial charge in [0, 0.05) is 19.1 Å². The first-order valence-corrected chi connectivity index (χ1v) is 3.43. The number of hydrogen-bond acceptors (Lipinski definition) is 4. The van der Waals surface area contributed by atoms with E-state index in [0.29, 0.717) is 13.1 Å². The van der Waals surface area contributed by atoms with Crippen LogP contribution in [0.25, 0.3) is 0 Å². The molecule has 2 unspecified atom stereocenters. The summed E-state index contributed by atoms with van der Waals surface area (Å²) in [7, 11) is 0. The molecule has 0 amide bonds. The number of nitrogens with one attached hydrogen (secondary N) is 1. The van der Waals surface area contributed by atoms with Crippen LogP contribution < -0.4 is 11.1 Å². The van der Waals surface area contributed by atoms with Gasteiger partial charge in [0.25, 0.3) is 0 Å². The van der Waals surface area contributed by atoms with Crippen LogP contribution in [0.15, 0.2) is 0 Å². The van der Waals surface area contributed by atoms with Crippen LogP contribution in [0.1, 0.15) is 6.92 Å². The van der Waals surface area contributed by atoms with Gasteiger partial charge in [0.1, 0.15) is 0 Å². The fourth-order valence-corrected chi connectivity index (χ4v) is 0.515. The molecule has 0 saturated carbocycles. The van der Waals surface area contributed by atoms with Crippen LogP contribution in [0.2, 0.25) is 0 Å². The van der Waals surface area contributed by atoms with Crippen LogP contribution in [0.3, 0.4) is 0 Å². The van der Waals surface area contributed by atoms with Crippen LogP contribution in [-0.4, -0.2) is 42.1 Å². The third kappa shape index (κ3) is 4.69. The van der Waals surface area contributed by atoms with Gasteiger partial charge in [0.05, 0.1) is 12.7 Å². The zero-order valence-corrected chi connectivity index (χ0v) is 6.25. The van der Waals surface area contributed by atoms with E-state index in [1.54, 1.807) is 6.92 Å². The van der Waals surface area contributed by atoms with Gasteiger partial charge in [0.2, 0.25) is 0 Å². The molecular formula is C6H16N2O2. The molecule has 0 aromatic heterocycles. The minimum atomic E-state index is -0.522. The van der Waals surface area contributed by atoms with Gasteiger partial charge in [0.15, 0.2) is 0 Å². The molecule has 4 heteroatoms. The van der Waals surface area contributed by atoms with E-state index in [0.717, 1.165) is 0 Å². The SMILES string of the molecule is CC(N)C(O)CNCCO. The molecule has 4 nitrogen and oxygen atoms in total. The monoisotopic (exact) mass is 148 g/mol. The van der Waals surface area contributed by atoms with Gasteiger partial charge in [-0.25, -0.2) is 0 Å². The van der Waals surface area contributed by atoms with Crippen LogP contribution in [0.5, 0.6) is 0 Å². The third-order valence-electron chi connectivity index (χ3n) is 1.25. The highest BCUT2D eigenvalue weighted by Gasteiger charge is 2.07. The molecule has 0 spiro atoms. The lowest BCUT2D eigenvalue weighted by molar-refractivity contribution is 0.146. The second kappa shape index (κ2) is 5.61. The summed E-state index contributed by atoms with van der Waals surface area (Å²) in [5.74, 6) is 0. The molecule has 10 heavy (non-hydrogen) atoms. The predicted molar refractivity (Wildman–Crippen MR) is 39.6 cm³/mol. The van der Waals surface area contributed by atoms with Gasteiger partial charge >= 0.3 is 0 Å². The molecule has 0 rings (SSSR count). The largest absolute Gasteiger partial charge is 0.395 e. The Hall–Kier alpha value is -0.160. The summed E-state index contributed by atoms with van der Waals surface area (Å²) in [5, 5.41) is 20.3. The fourth-order valence-electron chi connectivity index (χ4n) is 0.515. The molecule has 0 aliphatic heterocycles. The molecule has 0 fully saturated rings. The summed E-state index contributed by atoms with van der Waals surface area (Å²) < 4.78 is 0. The van der Waals surface area contributed by atoms with Gasteiger partial charge < -0.3 is 21.3 Å². The van der Waals surface area contributed by atoms with Crippen LogP contribution in [-0.2, 0) is 0 Å². The Bertz CT molecular complexity index is 78.1. The molecule has 0 heterocycles. The highest BCUT2D eigenvalue weighted by atomic mass is 16.3. The van der Waals surface area contributed by atoms with Gasteiger partial charge in [-0.1, -0.05) is 0 Å². The Morgan fingerprint density at radius 1 is 1.60 bits per heavy atom. The van der Waals surface area contributed by atoms with E-state index >= 15 is 0 Å². The molecule has 62 valence electrons. The minimum absolute atomic E-state index is 0.0890. The van der Waals surface area contributed by atoms with E-state index < -0.39 is 6.10 Å². The summed E-state index contributed by atoms with van der Waals surface area (Å²) in [4.78, 5) is 0. The average molecular weight is 148 g/mol. The Morgan fingerprint density at radius 2 is 2.20 bits per heavy atom. The second-order valence-electron chi connectivity index (χ2n) is 2.35. The summed E-state index contributed by atoms with van der Waals surface area (Å²) in [6.45, 7) is 2.78. The first-order chi connectivity index (χ1) is 4.68. The zero-order chi connectivity index (χ0) is 7.98. The Kier molecular flexibility index (Phi) is 5.52. The van der Waals surface area contributed by atoms with E-state index in [1.807, 2.05) is 0 Å². The van der Waals surface area contributed by atoms with Crippen molar-refractivity contribution in [2.75, 3.05) is 19.7 Å². The Balaban J connectivity index is 3.13. The number of nitrogens with two attached hydrogens (primary N) is 1. The number of aliphatic hydroxyl groups is 2. The topological polar surface area (TPSA) is 78.5 Å². The van der Waals surface area contributed by atoms with Gasteiger partial charge in [-0.2, -0.15) is 0 Å². The quantitative estimate of drug-likeness (QED) is 0.350. The van der Waals surface area contributed by atoms with E-state index in [1.165, 1.54) is 0 Å². The van der Waals surface area contributed by atoms with Crippen molar-refractivity contribution < 1.29 is 10.2 Å². The highest BCUT2D eigenvalue weighted by Crippen LogP contribution is 1.84. The van der Waals surface area contributed by atoms with Crippen molar-refractivity contribution in [1.82, 2.24) is 5.32 Å². The highest BCUT2D eigenvalue weighted by molar-refractivity contribution is 4.68. The van der Waals surface area contributed by atoms with Crippen LogP contribution in [0.4, 0.5) is 0 Å². The zero-order valence-electron chi connectivity index (χ0n) is 6.25. The lowest BCUT2D eigenvalue weighted by atomic mass is 10.2. The van der Waals surface area contributed by atoms with Crippen molar-refractivity contribution in [3.63, 3.8) is 0 Å². The summed E-state index contributed by atoms with van der Waals surface area (Å²) in [6, 6.07) is -0.216. The van der Waals surface area contributed by atoms with Gasteiger partial charge in [-0.3, -0.25) is 0 Å². The first-order valence-electron chi connectivity index (χ1n) is 3.43. The van der Waals surface area contributed by atoms with Gasteiger partial charge in [-0.15, -0.1) is 0 Å². The molecule has 0 aliphatic rings. The first kappa shape index (κ1) is 9.84. The Labute approximate surface area is 61.0 Å². The Morgan fingerprint density at radius 3 is 2.60 bits per heavy atom. The number of rotatable bonds is 5. The molecule has 5 N–H and O–H groups in total. The lowest BCUT2D eigenvalue weighted by Crippen LogP contribution is -2.40. The second-order valence-corrected chi connectivity index (χ2v) is 2.35. The van der Waals surface area contributed by atoms with Crippen molar-refractivity contribution in [2.45, 2.75) is 19.1 Å². The van der Waals surface area contributed by atoms with E-state index in [9.17, 15) is 0 Å². The summed E-state index contributed by atoms with van der Waals surface area (Å²) >= 11 is 0. The molecule has 2 atom stereocenters. The average Bonchev–Trinajstić information content (AvgIpc) is 1.88. The smallest absolute Gasteiger partial charge is 0.0812 e. The molecule has 0 aliphatic carbocycles. The maximum atomic E-state index is 9.08. The van der Waals surface area contributed by atoms with Crippen LogP contribution in [0, 0.1) is 0 Å². The normalized spacial score (nSPS) is 16.8. The van der Waals surface area contributed by atoms with Crippen molar-refractivity contribution >= 4 is 0 Å². The maximum Gasteiger partial charge on any atom is 0.0812 e. The van der Waals surface area contributed by atoms with Crippen molar-refractivity contribution in [3.05, 3.63) is 0 Å². The van der Waals surface area contributed by atoms with E-state index in [4.69, 9.17) is 15.9 Å². The molecule has 0 radical (unpaired) electrons. The van der Waals surface area contributed by atoms with E-state index in [2.05, 4.69) is 5.32 Å². The minimum Gasteiger partial charge on any atom is -0.395 e. The maximum absolute atomic E-state index is 9.08. The molecule has 0 saturated heterocycles. The van der Waals surface area contributed by atoms with E-state index in [-0.39, 0.29) is 12.6 Å². The number of hydrogen-bond donors (Lipinski definition) is 4. The van der Waals surface area contributed by atoms with Crippen molar-refractivity contribution in [1.29, 1.82) is 0 Å². The van der Waals surface area contributed by atoms with Crippen LogP contribution >= 0.6 is 0 Å². The van der Waals surface area contributed by atoms with Gasteiger partial charge in [-0.05, 0) is 6.92 Å². The molecule has 0 aromatic carbocycles. The predicted octanol–water partition coefficient (Wildman–Crippen LogP) is -1.72. The fraction of sp³-hybridized carbons (Fsp3) is 1.00. The van der Waals surface area contributed by atoms with Crippen molar-refractivity contribution in [2.24, 2.45) is 5.73 Å². The standard InChI is InChI=1S/C6H16N2O2/c1-5(7)6(10)4-8-2-3-9/h5-6,8-10H,2-4,7H2,1H3. The third-order valence-corrected chi connectivity index (χ3v) is 1.25. The molecular weight excluding hydrogens is 132 g/mol. The van der Waals surface area contributed by atoms with Crippen molar-refractivity contribution in [3.8, 4) is 0 Å². The summed E-state index contributed by atoms with van der Waals surface area (Å²) in [5.41, 5.74) is 5.37.